The van der Waals surface area contributed by atoms with Gasteiger partial charge in [-0.2, -0.15) is 0 Å². The van der Waals surface area contributed by atoms with Gasteiger partial charge in [-0.25, -0.2) is 8.42 Å². The van der Waals surface area contributed by atoms with Crippen LogP contribution in [0.1, 0.15) is 35.2 Å². The second-order valence-electron chi connectivity index (χ2n) is 6.38. The Kier molecular flexibility index (Phi) is 7.70. The van der Waals surface area contributed by atoms with Gasteiger partial charge in [-0.3, -0.25) is 4.79 Å². The Labute approximate surface area is 151 Å². The molecule has 136 valence electrons. The molecule has 1 aromatic carbocycles. The van der Waals surface area contributed by atoms with E-state index in [2.05, 4.69) is 5.32 Å². The smallest absolute Gasteiger partial charge is 0.253 e. The van der Waals surface area contributed by atoms with Crippen molar-refractivity contribution >= 4 is 28.2 Å². The lowest BCUT2D eigenvalue weighted by Crippen LogP contribution is -2.39. The Morgan fingerprint density at radius 1 is 1.29 bits per heavy atom. The summed E-state index contributed by atoms with van der Waals surface area (Å²) in [5, 5.41) is 3.16. The van der Waals surface area contributed by atoms with E-state index in [1.54, 1.807) is 19.1 Å². The summed E-state index contributed by atoms with van der Waals surface area (Å²) in [5.74, 6) is 0.595. The van der Waals surface area contributed by atoms with Gasteiger partial charge in [0.25, 0.3) is 5.91 Å². The van der Waals surface area contributed by atoms with Crippen LogP contribution < -0.4 is 5.32 Å². The van der Waals surface area contributed by atoms with Gasteiger partial charge >= 0.3 is 0 Å². The molecule has 1 saturated heterocycles. The number of rotatable bonds is 5. The van der Waals surface area contributed by atoms with Crippen LogP contribution in [0.15, 0.2) is 23.1 Å². The number of hydrogen-bond acceptors (Lipinski definition) is 4. The number of sulfone groups is 1. The lowest BCUT2D eigenvalue weighted by molar-refractivity contribution is 0.0687. The SMILES string of the molecule is CNCCC1CCN(C(=O)c2ccc(C)c(S(C)(=O)=O)c2)CC1.Cl. The fourth-order valence-corrected chi connectivity index (χ4v) is 4.08. The van der Waals surface area contributed by atoms with E-state index < -0.39 is 9.84 Å². The van der Waals surface area contributed by atoms with E-state index in [0.29, 0.717) is 17.0 Å². The number of nitrogens with one attached hydrogen (secondary N) is 1. The summed E-state index contributed by atoms with van der Waals surface area (Å²) in [5.41, 5.74) is 1.14. The molecule has 2 rings (SSSR count). The standard InChI is InChI=1S/C17H26N2O3S.ClH/c1-13-4-5-15(12-16(13)23(3,21)22)17(20)19-10-7-14(8-11-19)6-9-18-2;/h4-5,12,14,18H,6-11H2,1-3H3;1H. The van der Waals surface area contributed by atoms with Crippen LogP contribution in [-0.4, -0.2) is 52.2 Å². The lowest BCUT2D eigenvalue weighted by atomic mass is 9.93. The van der Waals surface area contributed by atoms with Crippen LogP contribution in [0.5, 0.6) is 0 Å². The minimum atomic E-state index is -3.32. The summed E-state index contributed by atoms with van der Waals surface area (Å²) in [6.45, 7) is 4.25. The van der Waals surface area contributed by atoms with E-state index in [0.717, 1.165) is 38.9 Å². The van der Waals surface area contributed by atoms with Gasteiger partial charge in [0.05, 0.1) is 4.90 Å². The molecule has 7 heteroatoms. The maximum atomic E-state index is 12.6. The Balaban J connectivity index is 0.00000288. The van der Waals surface area contributed by atoms with E-state index >= 15 is 0 Å². The average Bonchev–Trinajstić information content (AvgIpc) is 2.52. The van der Waals surface area contributed by atoms with Gasteiger partial charge in [0, 0.05) is 24.9 Å². The quantitative estimate of drug-likeness (QED) is 0.858. The molecular formula is C17H27ClN2O3S. The molecule has 0 aromatic heterocycles. The number of aryl methyl sites for hydroxylation is 1. The molecule has 0 unspecified atom stereocenters. The minimum absolute atomic E-state index is 0. The molecule has 1 N–H and O–H groups in total. The zero-order valence-electron chi connectivity index (χ0n) is 14.5. The van der Waals surface area contributed by atoms with Crippen molar-refractivity contribution in [3.63, 3.8) is 0 Å². The van der Waals surface area contributed by atoms with Crippen LogP contribution in [0.3, 0.4) is 0 Å². The van der Waals surface area contributed by atoms with Crippen molar-refractivity contribution in [2.75, 3.05) is 32.9 Å². The first-order valence-electron chi connectivity index (χ1n) is 8.07. The molecule has 1 amide bonds. The first kappa shape index (κ1) is 20.9. The summed E-state index contributed by atoms with van der Waals surface area (Å²) < 4.78 is 23.6. The summed E-state index contributed by atoms with van der Waals surface area (Å²) in [6, 6.07) is 4.95. The maximum absolute atomic E-state index is 12.6. The molecule has 1 aromatic rings. The second-order valence-corrected chi connectivity index (χ2v) is 8.36. The molecule has 1 aliphatic heterocycles. The summed E-state index contributed by atoms with van der Waals surface area (Å²) in [4.78, 5) is 14.7. The molecule has 5 nitrogen and oxygen atoms in total. The van der Waals surface area contributed by atoms with Crippen LogP contribution in [0, 0.1) is 12.8 Å². The number of benzene rings is 1. The van der Waals surface area contributed by atoms with Gasteiger partial charge in [-0.1, -0.05) is 6.07 Å². The number of carbonyl (C=O) groups is 1. The predicted octanol–water partition coefficient (Wildman–Crippen LogP) is 2.28. The van der Waals surface area contributed by atoms with Crippen molar-refractivity contribution in [2.45, 2.75) is 31.1 Å². The van der Waals surface area contributed by atoms with E-state index in [1.165, 1.54) is 12.3 Å². The van der Waals surface area contributed by atoms with Gasteiger partial charge in [0.15, 0.2) is 9.84 Å². The van der Waals surface area contributed by atoms with E-state index in [-0.39, 0.29) is 23.2 Å². The Morgan fingerprint density at radius 3 is 2.46 bits per heavy atom. The highest BCUT2D eigenvalue weighted by atomic mass is 35.5. The maximum Gasteiger partial charge on any atom is 0.253 e. The van der Waals surface area contributed by atoms with Crippen molar-refractivity contribution < 1.29 is 13.2 Å². The van der Waals surface area contributed by atoms with Crippen LogP contribution in [0.25, 0.3) is 0 Å². The van der Waals surface area contributed by atoms with Crippen LogP contribution >= 0.6 is 12.4 Å². The molecule has 1 aliphatic rings. The highest BCUT2D eigenvalue weighted by Crippen LogP contribution is 2.23. The largest absolute Gasteiger partial charge is 0.339 e. The summed E-state index contributed by atoms with van der Waals surface area (Å²) in [7, 11) is -1.36. The number of likely N-dealkylation sites (tertiary alicyclic amines) is 1. The van der Waals surface area contributed by atoms with Crippen LogP contribution in [0.4, 0.5) is 0 Å². The van der Waals surface area contributed by atoms with Gasteiger partial charge in [0.2, 0.25) is 0 Å². The monoisotopic (exact) mass is 374 g/mol. The number of nitrogens with zero attached hydrogens (tertiary/aromatic N) is 1. The van der Waals surface area contributed by atoms with E-state index in [4.69, 9.17) is 0 Å². The fraction of sp³-hybridized carbons (Fsp3) is 0.588. The molecule has 0 saturated carbocycles. The number of hydrogen-bond donors (Lipinski definition) is 1. The fourth-order valence-electron chi connectivity index (χ4n) is 3.09. The second kappa shape index (κ2) is 8.83. The third kappa shape index (κ3) is 5.19. The van der Waals surface area contributed by atoms with Gasteiger partial charge in [-0.15, -0.1) is 12.4 Å². The Hall–Kier alpha value is -1.11. The Bertz CT molecular complexity index is 668. The van der Waals surface area contributed by atoms with Crippen molar-refractivity contribution in [2.24, 2.45) is 5.92 Å². The van der Waals surface area contributed by atoms with Crippen molar-refractivity contribution in [3.8, 4) is 0 Å². The highest BCUT2D eigenvalue weighted by Gasteiger charge is 2.24. The van der Waals surface area contributed by atoms with Crippen LogP contribution in [-0.2, 0) is 9.84 Å². The van der Waals surface area contributed by atoms with Crippen molar-refractivity contribution in [1.82, 2.24) is 10.2 Å². The van der Waals surface area contributed by atoms with Crippen molar-refractivity contribution in [3.05, 3.63) is 29.3 Å². The zero-order chi connectivity index (χ0) is 17.0. The van der Waals surface area contributed by atoms with Gasteiger partial charge < -0.3 is 10.2 Å². The summed E-state index contributed by atoms with van der Waals surface area (Å²) in [6.07, 6.45) is 4.34. The normalized spacial score (nSPS) is 15.9. The molecule has 0 atom stereocenters. The topological polar surface area (TPSA) is 66.5 Å². The van der Waals surface area contributed by atoms with Gasteiger partial charge in [-0.05, 0) is 63.4 Å². The number of amides is 1. The first-order valence-corrected chi connectivity index (χ1v) is 9.96. The molecule has 0 aliphatic carbocycles. The molecule has 1 heterocycles. The molecule has 0 spiro atoms. The highest BCUT2D eigenvalue weighted by molar-refractivity contribution is 7.90. The van der Waals surface area contributed by atoms with Gasteiger partial charge in [0.1, 0.15) is 0 Å². The third-order valence-electron chi connectivity index (χ3n) is 4.54. The van der Waals surface area contributed by atoms with E-state index in [9.17, 15) is 13.2 Å². The number of carbonyl (C=O) groups excluding carboxylic acids is 1. The first-order chi connectivity index (χ1) is 10.8. The summed E-state index contributed by atoms with van der Waals surface area (Å²) >= 11 is 0. The molecule has 1 fully saturated rings. The third-order valence-corrected chi connectivity index (χ3v) is 5.78. The van der Waals surface area contributed by atoms with Crippen molar-refractivity contribution in [1.29, 1.82) is 0 Å². The molecular weight excluding hydrogens is 348 g/mol. The number of halogens is 1. The molecule has 0 bridgehead atoms. The average molecular weight is 375 g/mol. The lowest BCUT2D eigenvalue weighted by Gasteiger charge is -2.32. The van der Waals surface area contributed by atoms with Crippen LogP contribution in [0.2, 0.25) is 0 Å². The van der Waals surface area contributed by atoms with E-state index in [1.807, 2.05) is 11.9 Å². The predicted molar refractivity (Wildman–Crippen MR) is 98.7 cm³/mol. The molecule has 0 radical (unpaired) electrons. The zero-order valence-corrected chi connectivity index (χ0v) is 16.2. The molecule has 24 heavy (non-hydrogen) atoms. The minimum Gasteiger partial charge on any atom is -0.339 e. The number of piperidine rings is 1. The Morgan fingerprint density at radius 2 is 1.92 bits per heavy atom.